The summed E-state index contributed by atoms with van der Waals surface area (Å²) in [7, 11) is 0. The normalized spacial score (nSPS) is 12.3. The maximum atomic E-state index is 13.3. The van der Waals surface area contributed by atoms with E-state index in [-0.39, 0.29) is 16.6 Å². The van der Waals surface area contributed by atoms with Gasteiger partial charge in [-0.1, -0.05) is 18.5 Å². The molecule has 0 aromatic heterocycles. The smallest absolute Gasteiger partial charge is 0.254 e. The van der Waals surface area contributed by atoms with Crippen LogP contribution in [0.4, 0.5) is 4.39 Å². The molecule has 0 aliphatic rings. The molecule has 0 saturated heterocycles. The van der Waals surface area contributed by atoms with E-state index in [0.29, 0.717) is 0 Å². The maximum Gasteiger partial charge on any atom is 0.254 e. The molecule has 0 aliphatic heterocycles. The summed E-state index contributed by atoms with van der Waals surface area (Å²) in [6.45, 7) is 3.81. The summed E-state index contributed by atoms with van der Waals surface area (Å²) in [5.41, 5.74) is 0.0275. The lowest BCUT2D eigenvalue weighted by Crippen LogP contribution is -2.32. The fraction of sp³-hybridized carbons (Fsp3) is 0.364. The fourth-order valence-corrected chi connectivity index (χ4v) is 1.24. The molecule has 0 spiro atoms. The van der Waals surface area contributed by atoms with E-state index in [1.54, 1.807) is 0 Å². The van der Waals surface area contributed by atoms with Crippen molar-refractivity contribution in [3.8, 4) is 0 Å². The van der Waals surface area contributed by atoms with Crippen LogP contribution in [0.2, 0.25) is 5.02 Å². The average Bonchev–Trinajstić information content (AvgIpc) is 2.17. The van der Waals surface area contributed by atoms with Gasteiger partial charge in [0, 0.05) is 11.1 Å². The van der Waals surface area contributed by atoms with Crippen molar-refractivity contribution in [1.29, 1.82) is 0 Å². The Balaban J connectivity index is 2.82. The molecule has 4 heteroatoms. The molecule has 0 radical (unpaired) electrons. The summed E-state index contributed by atoms with van der Waals surface area (Å²) in [6.07, 6.45) is 0.806. The van der Waals surface area contributed by atoms with Crippen molar-refractivity contribution in [2.45, 2.75) is 26.3 Å². The molecule has 1 atom stereocenters. The molecule has 0 fully saturated rings. The number of amides is 1. The number of rotatable bonds is 3. The van der Waals surface area contributed by atoms with Gasteiger partial charge in [0.25, 0.3) is 5.91 Å². The van der Waals surface area contributed by atoms with Crippen LogP contribution in [0.3, 0.4) is 0 Å². The van der Waals surface area contributed by atoms with Crippen LogP contribution in [0, 0.1) is 5.82 Å². The van der Waals surface area contributed by atoms with Crippen LogP contribution in [0.5, 0.6) is 0 Å². The van der Waals surface area contributed by atoms with Gasteiger partial charge in [0.2, 0.25) is 0 Å². The minimum absolute atomic E-state index is 0.0275. The predicted octanol–water partition coefficient (Wildman–Crippen LogP) is 3.01. The van der Waals surface area contributed by atoms with Gasteiger partial charge in [-0.15, -0.1) is 0 Å². The standard InChI is InChI=1S/C11H13ClFNO/c1-3-7(2)14-11(15)9-5-4-8(12)6-10(9)13/h4-7H,3H2,1-2H3,(H,14,15)/t7-/m0/s1. The molecule has 1 aromatic rings. The lowest BCUT2D eigenvalue weighted by atomic mass is 10.1. The minimum Gasteiger partial charge on any atom is -0.350 e. The Morgan fingerprint density at radius 2 is 2.27 bits per heavy atom. The second kappa shape index (κ2) is 5.12. The molecule has 1 aromatic carbocycles. The van der Waals surface area contributed by atoms with Gasteiger partial charge in [-0.3, -0.25) is 4.79 Å². The van der Waals surface area contributed by atoms with Gasteiger partial charge in [-0.25, -0.2) is 4.39 Å². The van der Waals surface area contributed by atoms with Gasteiger partial charge < -0.3 is 5.32 Å². The number of benzene rings is 1. The van der Waals surface area contributed by atoms with Crippen LogP contribution in [-0.4, -0.2) is 11.9 Å². The highest BCUT2D eigenvalue weighted by atomic mass is 35.5. The topological polar surface area (TPSA) is 29.1 Å². The summed E-state index contributed by atoms with van der Waals surface area (Å²) in [4.78, 5) is 11.6. The Kier molecular flexibility index (Phi) is 4.09. The first kappa shape index (κ1) is 12.0. The van der Waals surface area contributed by atoms with Gasteiger partial charge in [0.1, 0.15) is 5.82 Å². The lowest BCUT2D eigenvalue weighted by molar-refractivity contribution is 0.0935. The van der Waals surface area contributed by atoms with E-state index in [9.17, 15) is 9.18 Å². The Morgan fingerprint density at radius 1 is 1.60 bits per heavy atom. The number of halogens is 2. The molecule has 0 saturated carbocycles. The molecule has 1 rings (SSSR count). The van der Waals surface area contributed by atoms with Crippen LogP contribution in [-0.2, 0) is 0 Å². The van der Waals surface area contributed by atoms with E-state index in [4.69, 9.17) is 11.6 Å². The molecule has 1 N–H and O–H groups in total. The SMILES string of the molecule is CC[C@H](C)NC(=O)c1ccc(Cl)cc1F. The van der Waals surface area contributed by atoms with Crippen LogP contribution < -0.4 is 5.32 Å². The molecule has 0 aliphatic carbocycles. The third kappa shape index (κ3) is 3.20. The average molecular weight is 230 g/mol. The first-order chi connectivity index (χ1) is 7.04. The highest BCUT2D eigenvalue weighted by molar-refractivity contribution is 6.30. The number of carbonyl (C=O) groups excluding carboxylic acids is 1. The third-order valence-electron chi connectivity index (χ3n) is 2.17. The predicted molar refractivity (Wildman–Crippen MR) is 58.6 cm³/mol. The molecule has 0 bridgehead atoms. The number of carbonyl (C=O) groups is 1. The molecular weight excluding hydrogens is 217 g/mol. The monoisotopic (exact) mass is 229 g/mol. The highest BCUT2D eigenvalue weighted by Crippen LogP contribution is 2.14. The first-order valence-corrected chi connectivity index (χ1v) is 5.18. The van der Waals surface area contributed by atoms with Gasteiger partial charge in [-0.2, -0.15) is 0 Å². The zero-order chi connectivity index (χ0) is 11.4. The van der Waals surface area contributed by atoms with Crippen LogP contribution in [0.15, 0.2) is 18.2 Å². The van der Waals surface area contributed by atoms with Gasteiger partial charge in [0.15, 0.2) is 0 Å². The van der Waals surface area contributed by atoms with Crippen LogP contribution >= 0.6 is 11.6 Å². The Hall–Kier alpha value is -1.09. The highest BCUT2D eigenvalue weighted by Gasteiger charge is 2.13. The van der Waals surface area contributed by atoms with E-state index >= 15 is 0 Å². The van der Waals surface area contributed by atoms with Crippen LogP contribution in [0.1, 0.15) is 30.6 Å². The first-order valence-electron chi connectivity index (χ1n) is 4.80. The summed E-state index contributed by atoms with van der Waals surface area (Å²) in [5.74, 6) is -0.998. The van der Waals surface area contributed by atoms with Gasteiger partial charge in [-0.05, 0) is 31.5 Å². The van der Waals surface area contributed by atoms with Gasteiger partial charge >= 0.3 is 0 Å². The Bertz CT molecular complexity index is 368. The summed E-state index contributed by atoms with van der Waals surface area (Å²) < 4.78 is 13.3. The number of hydrogen-bond donors (Lipinski definition) is 1. The summed E-state index contributed by atoms with van der Waals surface area (Å²) in [5, 5.41) is 2.97. The Labute approximate surface area is 93.4 Å². The van der Waals surface area contributed by atoms with E-state index in [1.165, 1.54) is 12.1 Å². The number of hydrogen-bond acceptors (Lipinski definition) is 1. The van der Waals surface area contributed by atoms with Crippen molar-refractivity contribution < 1.29 is 9.18 Å². The van der Waals surface area contributed by atoms with Crippen molar-refractivity contribution >= 4 is 17.5 Å². The minimum atomic E-state index is -0.594. The third-order valence-corrected chi connectivity index (χ3v) is 2.40. The molecule has 0 unspecified atom stereocenters. The molecule has 1 amide bonds. The fourth-order valence-electron chi connectivity index (χ4n) is 1.08. The van der Waals surface area contributed by atoms with Crippen molar-refractivity contribution in [3.05, 3.63) is 34.6 Å². The molecule has 2 nitrogen and oxygen atoms in total. The van der Waals surface area contributed by atoms with Crippen molar-refractivity contribution in [2.75, 3.05) is 0 Å². The quantitative estimate of drug-likeness (QED) is 0.848. The summed E-state index contributed by atoms with van der Waals surface area (Å²) >= 11 is 5.58. The van der Waals surface area contributed by atoms with E-state index in [2.05, 4.69) is 5.32 Å². The van der Waals surface area contributed by atoms with Crippen molar-refractivity contribution in [2.24, 2.45) is 0 Å². The van der Waals surface area contributed by atoms with E-state index < -0.39 is 11.7 Å². The van der Waals surface area contributed by atoms with Crippen molar-refractivity contribution in [1.82, 2.24) is 5.32 Å². The molecule has 15 heavy (non-hydrogen) atoms. The van der Waals surface area contributed by atoms with Gasteiger partial charge in [0.05, 0.1) is 5.56 Å². The molecule has 0 heterocycles. The number of nitrogens with one attached hydrogen (secondary N) is 1. The van der Waals surface area contributed by atoms with Crippen LogP contribution in [0.25, 0.3) is 0 Å². The lowest BCUT2D eigenvalue weighted by Gasteiger charge is -2.11. The Morgan fingerprint density at radius 3 is 2.80 bits per heavy atom. The largest absolute Gasteiger partial charge is 0.350 e. The molecule has 82 valence electrons. The second-order valence-corrected chi connectivity index (χ2v) is 3.84. The second-order valence-electron chi connectivity index (χ2n) is 3.41. The summed E-state index contributed by atoms with van der Waals surface area (Å²) in [6, 6.07) is 4.05. The zero-order valence-corrected chi connectivity index (χ0v) is 9.44. The zero-order valence-electron chi connectivity index (χ0n) is 8.68. The van der Waals surface area contributed by atoms with E-state index in [0.717, 1.165) is 12.5 Å². The molecular formula is C11H13ClFNO. The van der Waals surface area contributed by atoms with Crippen molar-refractivity contribution in [3.63, 3.8) is 0 Å². The van der Waals surface area contributed by atoms with E-state index in [1.807, 2.05) is 13.8 Å². The maximum absolute atomic E-state index is 13.3.